The summed E-state index contributed by atoms with van der Waals surface area (Å²) in [4.78, 5) is 24.6. The number of hydrogen-bond acceptors (Lipinski definition) is 3. The van der Waals surface area contributed by atoms with Crippen LogP contribution >= 0.6 is 35.6 Å². The van der Waals surface area contributed by atoms with Gasteiger partial charge in [-0.05, 0) is 19.1 Å². The molecule has 8 heteroatoms. The van der Waals surface area contributed by atoms with Gasteiger partial charge in [-0.15, -0.1) is 12.4 Å². The van der Waals surface area contributed by atoms with E-state index in [1.54, 1.807) is 25.1 Å². The van der Waals surface area contributed by atoms with Crippen LogP contribution in [0.3, 0.4) is 0 Å². The highest BCUT2D eigenvalue weighted by atomic mass is 35.5. The molecule has 0 saturated carbocycles. The first-order valence-electron chi connectivity index (χ1n) is 5.57. The average molecular weight is 341 g/mol. The predicted molar refractivity (Wildman–Crippen MR) is 83.6 cm³/mol. The van der Waals surface area contributed by atoms with Crippen molar-refractivity contribution in [1.29, 1.82) is 0 Å². The van der Waals surface area contributed by atoms with Crippen LogP contribution in [0.25, 0.3) is 0 Å². The van der Waals surface area contributed by atoms with Gasteiger partial charge in [0.15, 0.2) is 0 Å². The number of carbonyl (C=O) groups excluding carboxylic acids is 2. The highest BCUT2D eigenvalue weighted by Crippen LogP contribution is 2.29. The van der Waals surface area contributed by atoms with E-state index in [9.17, 15) is 9.59 Å². The molecule has 0 bridgehead atoms. The molecule has 0 unspecified atom stereocenters. The zero-order chi connectivity index (χ0) is 14.6. The number of likely N-dealkylation sites (N-methyl/N-ethyl adjacent to an activating group) is 1. The van der Waals surface area contributed by atoms with Gasteiger partial charge in [-0.25, -0.2) is 0 Å². The van der Waals surface area contributed by atoms with Crippen LogP contribution in [0.4, 0.5) is 5.69 Å². The number of para-hydroxylation sites is 1. The standard InChI is InChI=1S/C12H15Cl2N3O2.ClH/c1-7(15)12(19)17(2)6-10(18)16-11-8(13)4-3-5-9(11)14;/h3-5,7H,6,15H2,1-2H3,(H,16,18);1H/t7-;/m1./s1. The Labute approximate surface area is 133 Å². The Hall–Kier alpha value is -1.01. The zero-order valence-electron chi connectivity index (χ0n) is 11.0. The molecule has 20 heavy (non-hydrogen) atoms. The normalized spacial score (nSPS) is 11.2. The van der Waals surface area contributed by atoms with Gasteiger partial charge in [-0.2, -0.15) is 0 Å². The summed E-state index contributed by atoms with van der Waals surface area (Å²) < 4.78 is 0. The third-order valence-corrected chi connectivity index (χ3v) is 3.00. The maximum absolute atomic E-state index is 11.8. The minimum Gasteiger partial charge on any atom is -0.335 e. The quantitative estimate of drug-likeness (QED) is 0.882. The first-order chi connectivity index (χ1) is 8.82. The summed E-state index contributed by atoms with van der Waals surface area (Å²) in [5, 5.41) is 3.24. The van der Waals surface area contributed by atoms with Gasteiger partial charge in [0, 0.05) is 7.05 Å². The van der Waals surface area contributed by atoms with Gasteiger partial charge < -0.3 is 16.0 Å². The van der Waals surface area contributed by atoms with Crippen molar-refractivity contribution in [2.75, 3.05) is 18.9 Å². The van der Waals surface area contributed by atoms with Gasteiger partial charge in [0.1, 0.15) is 0 Å². The van der Waals surface area contributed by atoms with Gasteiger partial charge in [0.25, 0.3) is 0 Å². The summed E-state index contributed by atoms with van der Waals surface area (Å²) >= 11 is 11.8. The van der Waals surface area contributed by atoms with Crippen molar-refractivity contribution in [2.24, 2.45) is 5.73 Å². The fourth-order valence-electron chi connectivity index (χ4n) is 1.44. The Bertz CT molecular complexity index is 475. The Morgan fingerprint density at radius 2 is 1.85 bits per heavy atom. The first kappa shape index (κ1) is 19.0. The molecule has 0 aliphatic rings. The van der Waals surface area contributed by atoms with Gasteiger partial charge >= 0.3 is 0 Å². The molecule has 1 atom stereocenters. The zero-order valence-corrected chi connectivity index (χ0v) is 13.4. The second kappa shape index (κ2) is 8.32. The second-order valence-electron chi connectivity index (χ2n) is 4.13. The Morgan fingerprint density at radius 1 is 1.35 bits per heavy atom. The van der Waals surface area contributed by atoms with Crippen LogP contribution in [-0.2, 0) is 9.59 Å². The molecule has 1 aromatic rings. The minimum atomic E-state index is -0.651. The van der Waals surface area contributed by atoms with Gasteiger partial charge in [-0.3, -0.25) is 9.59 Å². The van der Waals surface area contributed by atoms with E-state index in [2.05, 4.69) is 5.32 Å². The highest BCUT2D eigenvalue weighted by Gasteiger charge is 2.17. The van der Waals surface area contributed by atoms with E-state index in [0.717, 1.165) is 0 Å². The molecular formula is C12H16Cl3N3O2. The fourth-order valence-corrected chi connectivity index (χ4v) is 1.93. The molecule has 0 spiro atoms. The van der Waals surface area contributed by atoms with Crippen LogP contribution in [0.5, 0.6) is 0 Å². The lowest BCUT2D eigenvalue weighted by Gasteiger charge is -2.19. The van der Waals surface area contributed by atoms with Crippen molar-refractivity contribution >= 4 is 53.1 Å². The number of nitrogens with one attached hydrogen (secondary N) is 1. The number of benzene rings is 1. The summed E-state index contributed by atoms with van der Waals surface area (Å²) in [5.41, 5.74) is 5.78. The second-order valence-corrected chi connectivity index (χ2v) is 4.94. The van der Waals surface area contributed by atoms with Crippen molar-refractivity contribution in [3.63, 3.8) is 0 Å². The molecule has 0 fully saturated rings. The molecule has 0 heterocycles. The van der Waals surface area contributed by atoms with E-state index >= 15 is 0 Å². The van der Waals surface area contributed by atoms with Crippen molar-refractivity contribution in [1.82, 2.24) is 4.90 Å². The van der Waals surface area contributed by atoms with Crippen molar-refractivity contribution in [3.8, 4) is 0 Å². The number of halogens is 3. The van der Waals surface area contributed by atoms with Crippen LogP contribution in [0.2, 0.25) is 10.0 Å². The molecule has 0 aliphatic heterocycles. The molecule has 1 rings (SSSR count). The number of carbonyl (C=O) groups is 2. The van der Waals surface area contributed by atoms with Crippen LogP contribution in [0.1, 0.15) is 6.92 Å². The molecule has 112 valence electrons. The van der Waals surface area contributed by atoms with E-state index in [-0.39, 0.29) is 24.9 Å². The van der Waals surface area contributed by atoms with Crippen LogP contribution in [0, 0.1) is 0 Å². The maximum atomic E-state index is 11.8. The summed E-state index contributed by atoms with van der Waals surface area (Å²) in [5.74, 6) is -0.716. The molecule has 5 nitrogen and oxygen atoms in total. The van der Waals surface area contributed by atoms with E-state index in [4.69, 9.17) is 28.9 Å². The highest BCUT2D eigenvalue weighted by molar-refractivity contribution is 6.39. The Balaban J connectivity index is 0.00000361. The number of nitrogens with two attached hydrogens (primary N) is 1. The third kappa shape index (κ3) is 5.17. The lowest BCUT2D eigenvalue weighted by molar-refractivity contribution is -0.134. The summed E-state index contributed by atoms with van der Waals surface area (Å²) in [6.45, 7) is 1.43. The monoisotopic (exact) mass is 339 g/mol. The molecule has 1 aromatic carbocycles. The molecule has 0 radical (unpaired) electrons. The van der Waals surface area contributed by atoms with Crippen molar-refractivity contribution < 1.29 is 9.59 Å². The molecular weight excluding hydrogens is 325 g/mol. The number of anilines is 1. The minimum absolute atomic E-state index is 0. The number of nitrogens with zero attached hydrogens (tertiary/aromatic N) is 1. The van der Waals surface area contributed by atoms with Gasteiger partial charge in [-0.1, -0.05) is 29.3 Å². The average Bonchev–Trinajstić information content (AvgIpc) is 2.32. The van der Waals surface area contributed by atoms with E-state index in [1.165, 1.54) is 11.9 Å². The third-order valence-electron chi connectivity index (χ3n) is 2.37. The van der Waals surface area contributed by atoms with Crippen LogP contribution < -0.4 is 11.1 Å². The number of rotatable bonds is 4. The van der Waals surface area contributed by atoms with Gasteiger partial charge in [0.2, 0.25) is 11.8 Å². The molecule has 0 aromatic heterocycles. The molecule has 3 N–H and O–H groups in total. The van der Waals surface area contributed by atoms with E-state index in [1.807, 2.05) is 0 Å². The SMILES string of the molecule is C[C@@H](N)C(=O)N(C)CC(=O)Nc1c(Cl)cccc1Cl.Cl. The van der Waals surface area contributed by atoms with E-state index in [0.29, 0.717) is 15.7 Å². The summed E-state index contributed by atoms with van der Waals surface area (Å²) in [7, 11) is 1.50. The van der Waals surface area contributed by atoms with Crippen LogP contribution in [0.15, 0.2) is 18.2 Å². The molecule has 0 saturated heterocycles. The first-order valence-corrected chi connectivity index (χ1v) is 6.33. The maximum Gasteiger partial charge on any atom is 0.244 e. The smallest absolute Gasteiger partial charge is 0.244 e. The Kier molecular flexibility index (Phi) is 7.90. The number of hydrogen-bond donors (Lipinski definition) is 2. The molecule has 0 aliphatic carbocycles. The topological polar surface area (TPSA) is 75.4 Å². The Morgan fingerprint density at radius 3 is 2.30 bits per heavy atom. The van der Waals surface area contributed by atoms with Crippen molar-refractivity contribution in [2.45, 2.75) is 13.0 Å². The summed E-state index contributed by atoms with van der Waals surface area (Å²) in [6, 6.07) is 4.24. The molecule has 2 amide bonds. The fraction of sp³-hybridized carbons (Fsp3) is 0.333. The van der Waals surface area contributed by atoms with E-state index < -0.39 is 11.9 Å². The predicted octanol–water partition coefficient (Wildman–Crippen LogP) is 2.16. The van der Waals surface area contributed by atoms with Crippen molar-refractivity contribution in [3.05, 3.63) is 28.2 Å². The lowest BCUT2D eigenvalue weighted by Crippen LogP contribution is -2.43. The largest absolute Gasteiger partial charge is 0.335 e. The number of amides is 2. The van der Waals surface area contributed by atoms with Gasteiger partial charge in [0.05, 0.1) is 28.3 Å². The lowest BCUT2D eigenvalue weighted by atomic mass is 10.3. The summed E-state index contributed by atoms with van der Waals surface area (Å²) in [6.07, 6.45) is 0. The van der Waals surface area contributed by atoms with Crippen LogP contribution in [-0.4, -0.2) is 36.3 Å².